The molecule has 0 bridgehead atoms. The molecule has 5 nitrogen and oxygen atoms in total. The van der Waals surface area contributed by atoms with Gasteiger partial charge in [0.15, 0.2) is 0 Å². The number of carbonyl (C=O) groups excluding carboxylic acids is 2. The first-order chi connectivity index (χ1) is 12.0. The standard InChI is InChI=1S/C19H27FN2O3/c1-3-22(13-15-6-5-7-17(20)12-15)18(23)14-21-10-8-16(9-11-21)19(24)25-4-2/h5-7,12,16H,3-4,8-11,13-14H2,1-2H3. The highest BCUT2D eigenvalue weighted by Crippen LogP contribution is 2.19. The first kappa shape index (κ1) is 19.4. The zero-order valence-electron chi connectivity index (χ0n) is 15.0. The summed E-state index contributed by atoms with van der Waals surface area (Å²) >= 11 is 0. The number of esters is 1. The summed E-state index contributed by atoms with van der Waals surface area (Å²) in [6, 6.07) is 6.34. The van der Waals surface area contributed by atoms with Crippen molar-refractivity contribution in [1.29, 1.82) is 0 Å². The van der Waals surface area contributed by atoms with Crippen LogP contribution in [0.25, 0.3) is 0 Å². The average molecular weight is 350 g/mol. The molecule has 2 rings (SSSR count). The van der Waals surface area contributed by atoms with Crippen molar-refractivity contribution >= 4 is 11.9 Å². The van der Waals surface area contributed by atoms with Crippen LogP contribution in [0.2, 0.25) is 0 Å². The molecular weight excluding hydrogens is 323 g/mol. The summed E-state index contributed by atoms with van der Waals surface area (Å²) in [7, 11) is 0. The third kappa shape index (κ3) is 5.81. The van der Waals surface area contributed by atoms with Crippen molar-refractivity contribution in [2.75, 3.05) is 32.8 Å². The average Bonchev–Trinajstić information content (AvgIpc) is 2.60. The molecule has 1 aliphatic heterocycles. The molecule has 0 spiro atoms. The number of hydrogen-bond donors (Lipinski definition) is 0. The zero-order chi connectivity index (χ0) is 18.2. The van der Waals surface area contributed by atoms with Crippen LogP contribution in [-0.4, -0.2) is 54.5 Å². The number of rotatable bonds is 7. The summed E-state index contributed by atoms with van der Waals surface area (Å²) in [4.78, 5) is 28.1. The van der Waals surface area contributed by atoms with Gasteiger partial charge in [-0.3, -0.25) is 14.5 Å². The van der Waals surface area contributed by atoms with Crippen LogP contribution < -0.4 is 0 Å². The van der Waals surface area contributed by atoms with E-state index in [-0.39, 0.29) is 23.6 Å². The van der Waals surface area contributed by atoms with E-state index in [1.54, 1.807) is 11.0 Å². The molecule has 1 aliphatic rings. The van der Waals surface area contributed by atoms with Crippen molar-refractivity contribution in [3.63, 3.8) is 0 Å². The summed E-state index contributed by atoms with van der Waals surface area (Å²) in [5.41, 5.74) is 0.788. The number of benzene rings is 1. The summed E-state index contributed by atoms with van der Waals surface area (Å²) in [5.74, 6) is -0.445. The molecule has 1 amide bonds. The Hall–Kier alpha value is -1.95. The summed E-state index contributed by atoms with van der Waals surface area (Å²) in [6.07, 6.45) is 1.45. The molecule has 1 aromatic rings. The van der Waals surface area contributed by atoms with E-state index in [1.165, 1.54) is 12.1 Å². The highest BCUT2D eigenvalue weighted by atomic mass is 19.1. The maximum atomic E-state index is 13.3. The van der Waals surface area contributed by atoms with Crippen molar-refractivity contribution in [1.82, 2.24) is 9.80 Å². The van der Waals surface area contributed by atoms with Crippen molar-refractivity contribution < 1.29 is 18.7 Å². The van der Waals surface area contributed by atoms with Crippen molar-refractivity contribution in [3.05, 3.63) is 35.6 Å². The lowest BCUT2D eigenvalue weighted by atomic mass is 9.97. The predicted molar refractivity (Wildman–Crippen MR) is 93.3 cm³/mol. The van der Waals surface area contributed by atoms with Gasteiger partial charge in [0.25, 0.3) is 0 Å². The fourth-order valence-corrected chi connectivity index (χ4v) is 3.11. The van der Waals surface area contributed by atoms with Gasteiger partial charge in [-0.05, 0) is 57.5 Å². The normalized spacial score (nSPS) is 15.8. The monoisotopic (exact) mass is 350 g/mol. The third-order valence-electron chi connectivity index (χ3n) is 4.56. The molecule has 0 unspecified atom stereocenters. The van der Waals surface area contributed by atoms with Gasteiger partial charge in [-0.1, -0.05) is 12.1 Å². The van der Waals surface area contributed by atoms with Gasteiger partial charge in [-0.15, -0.1) is 0 Å². The molecule has 1 fully saturated rings. The molecule has 0 radical (unpaired) electrons. The molecule has 0 aromatic heterocycles. The van der Waals surface area contributed by atoms with Gasteiger partial charge in [0.05, 0.1) is 19.1 Å². The van der Waals surface area contributed by atoms with Gasteiger partial charge in [-0.2, -0.15) is 0 Å². The van der Waals surface area contributed by atoms with E-state index in [2.05, 4.69) is 4.90 Å². The van der Waals surface area contributed by atoms with Gasteiger partial charge in [0, 0.05) is 13.1 Å². The first-order valence-corrected chi connectivity index (χ1v) is 8.94. The second kappa shape index (κ2) is 9.51. The Morgan fingerprint density at radius 2 is 2.00 bits per heavy atom. The highest BCUT2D eigenvalue weighted by molar-refractivity contribution is 5.78. The van der Waals surface area contributed by atoms with Crippen LogP contribution >= 0.6 is 0 Å². The predicted octanol–water partition coefficient (Wildman–Crippen LogP) is 2.45. The van der Waals surface area contributed by atoms with Crippen LogP contribution in [0, 0.1) is 11.7 Å². The minimum Gasteiger partial charge on any atom is -0.466 e. The van der Waals surface area contributed by atoms with E-state index < -0.39 is 0 Å². The number of likely N-dealkylation sites (N-methyl/N-ethyl adjacent to an activating group) is 1. The van der Waals surface area contributed by atoms with Crippen molar-refractivity contribution in [2.24, 2.45) is 5.92 Å². The second-order valence-corrected chi connectivity index (χ2v) is 6.34. The fraction of sp³-hybridized carbons (Fsp3) is 0.579. The van der Waals surface area contributed by atoms with Crippen LogP contribution in [-0.2, 0) is 20.9 Å². The van der Waals surface area contributed by atoms with Crippen LogP contribution in [0.4, 0.5) is 4.39 Å². The molecule has 0 atom stereocenters. The van der Waals surface area contributed by atoms with Crippen molar-refractivity contribution in [2.45, 2.75) is 33.2 Å². The molecule has 1 saturated heterocycles. The third-order valence-corrected chi connectivity index (χ3v) is 4.56. The first-order valence-electron chi connectivity index (χ1n) is 8.94. The maximum Gasteiger partial charge on any atom is 0.309 e. The Morgan fingerprint density at radius 1 is 1.28 bits per heavy atom. The smallest absolute Gasteiger partial charge is 0.309 e. The summed E-state index contributed by atoms with van der Waals surface area (Å²) < 4.78 is 18.4. The number of carbonyl (C=O) groups is 2. The van der Waals surface area contributed by atoms with Gasteiger partial charge >= 0.3 is 5.97 Å². The summed E-state index contributed by atoms with van der Waals surface area (Å²) in [6.45, 7) is 6.89. The lowest BCUT2D eigenvalue weighted by molar-refractivity contribution is -0.149. The molecule has 1 heterocycles. The molecular formula is C19H27FN2O3. The Balaban J connectivity index is 1.83. The molecule has 138 valence electrons. The second-order valence-electron chi connectivity index (χ2n) is 6.34. The van der Waals surface area contributed by atoms with Crippen molar-refractivity contribution in [3.8, 4) is 0 Å². The number of ether oxygens (including phenoxy) is 1. The molecule has 0 N–H and O–H groups in total. The van der Waals surface area contributed by atoms with Gasteiger partial charge < -0.3 is 9.64 Å². The zero-order valence-corrected chi connectivity index (χ0v) is 15.0. The van der Waals surface area contributed by atoms with Gasteiger partial charge in [0.1, 0.15) is 5.82 Å². The van der Waals surface area contributed by atoms with Gasteiger partial charge in [0.2, 0.25) is 5.91 Å². The topological polar surface area (TPSA) is 49.9 Å². The minimum absolute atomic E-state index is 0.0290. The van der Waals surface area contributed by atoms with E-state index in [4.69, 9.17) is 4.74 Å². The Labute approximate surface area is 148 Å². The number of amides is 1. The largest absolute Gasteiger partial charge is 0.466 e. The Kier molecular flexibility index (Phi) is 7.37. The molecule has 0 aliphatic carbocycles. The van der Waals surface area contributed by atoms with Crippen LogP contribution in [0.15, 0.2) is 24.3 Å². The molecule has 0 saturated carbocycles. The molecule has 25 heavy (non-hydrogen) atoms. The van der Waals surface area contributed by atoms with E-state index in [1.807, 2.05) is 19.9 Å². The van der Waals surface area contributed by atoms with E-state index in [0.29, 0.717) is 39.3 Å². The lowest BCUT2D eigenvalue weighted by Gasteiger charge is -2.32. The highest BCUT2D eigenvalue weighted by Gasteiger charge is 2.27. The summed E-state index contributed by atoms with van der Waals surface area (Å²) in [5, 5.41) is 0. The van der Waals surface area contributed by atoms with E-state index >= 15 is 0 Å². The van der Waals surface area contributed by atoms with E-state index in [0.717, 1.165) is 18.4 Å². The van der Waals surface area contributed by atoms with Gasteiger partial charge in [-0.25, -0.2) is 4.39 Å². The van der Waals surface area contributed by atoms with Crippen LogP contribution in [0.5, 0.6) is 0 Å². The number of hydrogen-bond acceptors (Lipinski definition) is 4. The number of halogens is 1. The number of likely N-dealkylation sites (tertiary alicyclic amines) is 1. The molecule has 6 heteroatoms. The van der Waals surface area contributed by atoms with E-state index in [9.17, 15) is 14.0 Å². The fourth-order valence-electron chi connectivity index (χ4n) is 3.11. The Bertz CT molecular complexity index is 586. The Morgan fingerprint density at radius 3 is 2.60 bits per heavy atom. The van der Waals surface area contributed by atoms with Crippen LogP contribution in [0.3, 0.4) is 0 Å². The van der Waals surface area contributed by atoms with Crippen LogP contribution in [0.1, 0.15) is 32.3 Å². The lowest BCUT2D eigenvalue weighted by Crippen LogP contribution is -2.44. The number of nitrogens with zero attached hydrogens (tertiary/aromatic N) is 2. The quantitative estimate of drug-likeness (QED) is 0.709. The maximum absolute atomic E-state index is 13.3. The minimum atomic E-state index is -0.290. The SMILES string of the molecule is CCOC(=O)C1CCN(CC(=O)N(CC)Cc2cccc(F)c2)CC1. The molecule has 1 aromatic carbocycles. The number of piperidine rings is 1.